The lowest BCUT2D eigenvalue weighted by molar-refractivity contribution is -0.122. The molecule has 0 radical (unpaired) electrons. The maximum absolute atomic E-state index is 11.8. The molecule has 1 amide bonds. The Bertz CT molecular complexity index is 512. The number of likely N-dealkylation sites (tertiary alicyclic amines) is 1. The minimum absolute atomic E-state index is 0.0896. The summed E-state index contributed by atoms with van der Waals surface area (Å²) in [6, 6.07) is 5.19. The normalized spacial score (nSPS) is 16.9. The largest absolute Gasteiger partial charge is 0.294 e. The topological polar surface area (TPSA) is 44.7 Å². The minimum atomic E-state index is -0.0896. The van der Waals surface area contributed by atoms with E-state index in [9.17, 15) is 4.79 Å². The van der Waals surface area contributed by atoms with Crippen molar-refractivity contribution in [3.05, 3.63) is 33.8 Å². The lowest BCUT2D eigenvalue weighted by Gasteiger charge is -2.17. The van der Waals surface area contributed by atoms with Gasteiger partial charge in [-0.05, 0) is 43.6 Å². The van der Waals surface area contributed by atoms with Gasteiger partial charge in [0.25, 0.3) is 5.91 Å². The van der Waals surface area contributed by atoms with Crippen molar-refractivity contribution in [2.45, 2.75) is 25.7 Å². The highest BCUT2D eigenvalue weighted by molar-refractivity contribution is 6.42. The zero-order valence-electron chi connectivity index (χ0n) is 11.8. The molecule has 114 valence electrons. The van der Waals surface area contributed by atoms with E-state index in [1.807, 2.05) is 0 Å². The molecule has 1 fully saturated rings. The molecule has 0 bridgehead atoms. The zero-order chi connectivity index (χ0) is 15.1. The molecule has 1 saturated heterocycles. The molecule has 1 aliphatic rings. The van der Waals surface area contributed by atoms with E-state index in [1.165, 1.54) is 25.7 Å². The molecule has 0 atom stereocenters. The fourth-order valence-electron chi connectivity index (χ4n) is 2.30. The summed E-state index contributed by atoms with van der Waals surface area (Å²) in [7, 11) is 0. The standard InChI is InChI=1S/C15H19Cl2N3O/c16-13-6-5-12(9-14(13)17)10-18-19-15(21)11-20-7-3-1-2-4-8-20/h5-6,9-10H,1-4,7-8,11H2,(H,19,21)/b18-10+. The van der Waals surface area contributed by atoms with Crippen LogP contribution in [-0.2, 0) is 4.79 Å². The van der Waals surface area contributed by atoms with Gasteiger partial charge in [0, 0.05) is 0 Å². The van der Waals surface area contributed by atoms with Crippen LogP contribution in [0.1, 0.15) is 31.2 Å². The minimum Gasteiger partial charge on any atom is -0.294 e. The summed E-state index contributed by atoms with van der Waals surface area (Å²) in [5.74, 6) is -0.0896. The summed E-state index contributed by atoms with van der Waals surface area (Å²) in [5.41, 5.74) is 3.34. The number of hydrazone groups is 1. The zero-order valence-corrected chi connectivity index (χ0v) is 13.3. The first-order valence-electron chi connectivity index (χ1n) is 7.14. The summed E-state index contributed by atoms with van der Waals surface area (Å²) in [4.78, 5) is 14.0. The third-order valence-corrected chi connectivity index (χ3v) is 4.15. The number of carbonyl (C=O) groups excluding carboxylic acids is 1. The van der Waals surface area contributed by atoms with Gasteiger partial charge in [-0.15, -0.1) is 0 Å². The Morgan fingerprint density at radius 1 is 1.19 bits per heavy atom. The van der Waals surface area contributed by atoms with Crippen LogP contribution in [0.5, 0.6) is 0 Å². The fourth-order valence-corrected chi connectivity index (χ4v) is 2.61. The third kappa shape index (κ3) is 5.65. The van der Waals surface area contributed by atoms with Gasteiger partial charge in [0.1, 0.15) is 0 Å². The van der Waals surface area contributed by atoms with Gasteiger partial charge in [-0.25, -0.2) is 5.43 Å². The van der Waals surface area contributed by atoms with Crippen LogP contribution in [-0.4, -0.2) is 36.7 Å². The van der Waals surface area contributed by atoms with E-state index in [1.54, 1.807) is 24.4 Å². The van der Waals surface area contributed by atoms with Crippen molar-refractivity contribution in [3.63, 3.8) is 0 Å². The van der Waals surface area contributed by atoms with Crippen LogP contribution in [0.2, 0.25) is 10.0 Å². The van der Waals surface area contributed by atoms with Gasteiger partial charge in [-0.1, -0.05) is 42.1 Å². The van der Waals surface area contributed by atoms with Crippen LogP contribution < -0.4 is 5.43 Å². The highest BCUT2D eigenvalue weighted by atomic mass is 35.5. The SMILES string of the molecule is O=C(CN1CCCCCC1)N/N=C/c1ccc(Cl)c(Cl)c1. The third-order valence-electron chi connectivity index (χ3n) is 3.41. The fraction of sp³-hybridized carbons (Fsp3) is 0.467. The number of nitrogens with zero attached hydrogens (tertiary/aromatic N) is 2. The van der Waals surface area contributed by atoms with Gasteiger partial charge in [0.05, 0.1) is 22.8 Å². The molecule has 1 N–H and O–H groups in total. The molecule has 1 aliphatic heterocycles. The summed E-state index contributed by atoms with van der Waals surface area (Å²) in [6.07, 6.45) is 6.41. The van der Waals surface area contributed by atoms with Crippen molar-refractivity contribution in [1.29, 1.82) is 0 Å². The molecule has 1 aromatic rings. The first-order valence-corrected chi connectivity index (χ1v) is 7.90. The molecule has 1 heterocycles. The first-order chi connectivity index (χ1) is 10.1. The molecular weight excluding hydrogens is 309 g/mol. The number of hydrogen-bond acceptors (Lipinski definition) is 3. The van der Waals surface area contributed by atoms with Crippen LogP contribution in [0.3, 0.4) is 0 Å². The van der Waals surface area contributed by atoms with Gasteiger partial charge in [-0.3, -0.25) is 9.69 Å². The van der Waals surface area contributed by atoms with Crippen LogP contribution in [0.15, 0.2) is 23.3 Å². The molecule has 4 nitrogen and oxygen atoms in total. The lowest BCUT2D eigenvalue weighted by atomic mass is 10.2. The van der Waals surface area contributed by atoms with Crippen molar-refractivity contribution >= 4 is 35.3 Å². The van der Waals surface area contributed by atoms with Gasteiger partial charge in [0.2, 0.25) is 0 Å². The number of amides is 1. The summed E-state index contributed by atoms with van der Waals surface area (Å²) in [5, 5.41) is 4.92. The van der Waals surface area contributed by atoms with Crippen LogP contribution in [0.4, 0.5) is 0 Å². The van der Waals surface area contributed by atoms with E-state index in [0.717, 1.165) is 18.7 Å². The van der Waals surface area contributed by atoms with Crippen molar-refractivity contribution < 1.29 is 4.79 Å². The van der Waals surface area contributed by atoms with E-state index in [-0.39, 0.29) is 5.91 Å². The highest BCUT2D eigenvalue weighted by Crippen LogP contribution is 2.21. The van der Waals surface area contributed by atoms with Gasteiger partial charge < -0.3 is 0 Å². The van der Waals surface area contributed by atoms with Crippen molar-refractivity contribution in [2.24, 2.45) is 5.10 Å². The van der Waals surface area contributed by atoms with E-state index >= 15 is 0 Å². The number of carbonyl (C=O) groups is 1. The summed E-state index contributed by atoms with van der Waals surface area (Å²) < 4.78 is 0. The quantitative estimate of drug-likeness (QED) is 0.681. The maximum Gasteiger partial charge on any atom is 0.254 e. The average Bonchev–Trinajstić information content (AvgIpc) is 2.71. The van der Waals surface area contributed by atoms with Gasteiger partial charge >= 0.3 is 0 Å². The van der Waals surface area contributed by atoms with E-state index in [0.29, 0.717) is 16.6 Å². The van der Waals surface area contributed by atoms with Gasteiger partial charge in [0.15, 0.2) is 0 Å². The second kappa shape index (κ2) is 8.37. The number of hydrogen-bond donors (Lipinski definition) is 1. The van der Waals surface area contributed by atoms with Crippen LogP contribution >= 0.6 is 23.2 Å². The molecule has 0 aromatic heterocycles. The number of halogens is 2. The molecule has 0 unspecified atom stereocenters. The summed E-state index contributed by atoms with van der Waals surface area (Å²) >= 11 is 11.7. The Hall–Kier alpha value is -1.10. The predicted octanol–water partition coefficient (Wildman–Crippen LogP) is 3.32. The van der Waals surface area contributed by atoms with Crippen LogP contribution in [0, 0.1) is 0 Å². The van der Waals surface area contributed by atoms with Crippen molar-refractivity contribution in [3.8, 4) is 0 Å². The molecule has 2 rings (SSSR count). The second-order valence-electron chi connectivity index (χ2n) is 5.16. The monoisotopic (exact) mass is 327 g/mol. The number of rotatable bonds is 4. The lowest BCUT2D eigenvalue weighted by Crippen LogP contribution is -2.35. The van der Waals surface area contributed by atoms with Gasteiger partial charge in [-0.2, -0.15) is 5.10 Å². The molecular formula is C15H19Cl2N3O. The molecule has 6 heteroatoms. The smallest absolute Gasteiger partial charge is 0.254 e. The second-order valence-corrected chi connectivity index (χ2v) is 5.97. The maximum atomic E-state index is 11.8. The molecule has 0 saturated carbocycles. The molecule has 0 aliphatic carbocycles. The Labute approximate surface area is 135 Å². The Morgan fingerprint density at radius 2 is 1.90 bits per heavy atom. The van der Waals surface area contributed by atoms with E-state index in [2.05, 4.69) is 15.4 Å². The van der Waals surface area contributed by atoms with Crippen molar-refractivity contribution in [1.82, 2.24) is 10.3 Å². The van der Waals surface area contributed by atoms with E-state index < -0.39 is 0 Å². The molecule has 1 aromatic carbocycles. The van der Waals surface area contributed by atoms with Crippen LogP contribution in [0.25, 0.3) is 0 Å². The molecule has 0 spiro atoms. The number of nitrogens with one attached hydrogen (secondary N) is 1. The average molecular weight is 328 g/mol. The first kappa shape index (κ1) is 16.3. The number of benzene rings is 1. The molecule has 21 heavy (non-hydrogen) atoms. The predicted molar refractivity (Wildman–Crippen MR) is 87.1 cm³/mol. The highest BCUT2D eigenvalue weighted by Gasteiger charge is 2.12. The Kier molecular flexibility index (Phi) is 6.49. The van der Waals surface area contributed by atoms with Crippen molar-refractivity contribution in [2.75, 3.05) is 19.6 Å². The summed E-state index contributed by atoms with van der Waals surface area (Å²) in [6.45, 7) is 2.38. The Balaban J connectivity index is 1.79. The Morgan fingerprint density at radius 3 is 2.57 bits per heavy atom. The van der Waals surface area contributed by atoms with E-state index in [4.69, 9.17) is 23.2 Å².